The molecule has 2 aliphatic rings. The predicted octanol–water partition coefficient (Wildman–Crippen LogP) is 2.54. The standard InChI is InChI=1S/C12H13F3N2S/c13-12(14,15)9-2-1-8-5-10-7-16-3-4-17(10)18-11(8)6-9/h1-2,6,10,16H,3-5,7H2. The first-order valence-electron chi connectivity index (χ1n) is 5.89. The zero-order valence-corrected chi connectivity index (χ0v) is 10.4. The summed E-state index contributed by atoms with van der Waals surface area (Å²) in [5.74, 6) is 0. The highest BCUT2D eigenvalue weighted by Crippen LogP contribution is 2.39. The highest BCUT2D eigenvalue weighted by Gasteiger charge is 2.34. The fourth-order valence-electron chi connectivity index (χ4n) is 2.40. The number of nitrogens with one attached hydrogen (secondary N) is 1. The first-order chi connectivity index (χ1) is 8.54. The van der Waals surface area contributed by atoms with Crippen molar-refractivity contribution in [3.63, 3.8) is 0 Å². The Hall–Kier alpha value is -0.720. The minimum atomic E-state index is -4.25. The van der Waals surface area contributed by atoms with Crippen LogP contribution in [0.2, 0.25) is 0 Å². The van der Waals surface area contributed by atoms with Crippen molar-refractivity contribution in [3.05, 3.63) is 29.3 Å². The summed E-state index contributed by atoms with van der Waals surface area (Å²) < 4.78 is 40.2. The van der Waals surface area contributed by atoms with Gasteiger partial charge in [0.2, 0.25) is 0 Å². The maximum absolute atomic E-state index is 12.7. The molecule has 0 amide bonds. The Morgan fingerprint density at radius 2 is 2.17 bits per heavy atom. The molecule has 2 heterocycles. The van der Waals surface area contributed by atoms with Crippen molar-refractivity contribution in [1.29, 1.82) is 0 Å². The van der Waals surface area contributed by atoms with E-state index >= 15 is 0 Å². The number of halogens is 3. The highest BCUT2D eigenvalue weighted by atomic mass is 32.2. The van der Waals surface area contributed by atoms with Crippen molar-refractivity contribution in [2.75, 3.05) is 19.6 Å². The lowest BCUT2D eigenvalue weighted by atomic mass is 10.0. The average Bonchev–Trinajstić information content (AvgIpc) is 2.34. The third-order valence-electron chi connectivity index (χ3n) is 3.36. The molecule has 3 rings (SSSR count). The van der Waals surface area contributed by atoms with Crippen LogP contribution >= 0.6 is 11.9 Å². The van der Waals surface area contributed by atoms with Gasteiger partial charge >= 0.3 is 6.18 Å². The van der Waals surface area contributed by atoms with Crippen molar-refractivity contribution < 1.29 is 13.2 Å². The molecule has 1 atom stereocenters. The summed E-state index contributed by atoms with van der Waals surface area (Å²) in [6, 6.07) is 4.48. The van der Waals surface area contributed by atoms with Gasteiger partial charge in [0.25, 0.3) is 0 Å². The largest absolute Gasteiger partial charge is 0.416 e. The van der Waals surface area contributed by atoms with Gasteiger partial charge in [0.05, 0.1) is 5.56 Å². The molecule has 2 aliphatic heterocycles. The van der Waals surface area contributed by atoms with Gasteiger partial charge in [-0.3, -0.25) is 0 Å². The van der Waals surface area contributed by atoms with Crippen molar-refractivity contribution >= 4 is 11.9 Å². The van der Waals surface area contributed by atoms with Gasteiger partial charge in [-0.25, -0.2) is 4.31 Å². The van der Waals surface area contributed by atoms with Crippen LogP contribution in [0, 0.1) is 0 Å². The molecule has 98 valence electrons. The van der Waals surface area contributed by atoms with E-state index in [0.29, 0.717) is 6.04 Å². The maximum Gasteiger partial charge on any atom is 0.416 e. The van der Waals surface area contributed by atoms with E-state index in [4.69, 9.17) is 0 Å². The smallest absolute Gasteiger partial charge is 0.314 e. The molecule has 1 unspecified atom stereocenters. The van der Waals surface area contributed by atoms with Crippen LogP contribution < -0.4 is 5.32 Å². The van der Waals surface area contributed by atoms with E-state index < -0.39 is 11.7 Å². The second-order valence-corrected chi connectivity index (χ2v) is 5.71. The third-order valence-corrected chi connectivity index (χ3v) is 4.65. The van der Waals surface area contributed by atoms with E-state index in [1.807, 2.05) is 0 Å². The quantitative estimate of drug-likeness (QED) is 0.732. The van der Waals surface area contributed by atoms with Crippen LogP contribution in [0.3, 0.4) is 0 Å². The third kappa shape index (κ3) is 2.24. The fraction of sp³-hybridized carbons (Fsp3) is 0.500. The van der Waals surface area contributed by atoms with E-state index in [1.165, 1.54) is 24.1 Å². The normalized spacial score (nSPS) is 24.5. The molecule has 0 spiro atoms. The van der Waals surface area contributed by atoms with Gasteiger partial charge in [-0.1, -0.05) is 6.07 Å². The first kappa shape index (κ1) is 12.3. The number of fused-ring (bicyclic) bond motifs is 2. The minimum absolute atomic E-state index is 0.396. The molecule has 1 aromatic carbocycles. The molecule has 0 aliphatic carbocycles. The summed E-state index contributed by atoms with van der Waals surface area (Å²) >= 11 is 1.46. The zero-order chi connectivity index (χ0) is 12.8. The molecule has 0 saturated carbocycles. The molecule has 0 bridgehead atoms. The number of rotatable bonds is 0. The molecule has 0 radical (unpaired) electrons. The van der Waals surface area contributed by atoms with Gasteiger partial charge in [0.15, 0.2) is 0 Å². The monoisotopic (exact) mass is 274 g/mol. The minimum Gasteiger partial charge on any atom is -0.314 e. The van der Waals surface area contributed by atoms with Crippen LogP contribution in [0.15, 0.2) is 23.1 Å². The number of piperazine rings is 1. The molecule has 1 N–H and O–H groups in total. The first-order valence-corrected chi connectivity index (χ1v) is 6.67. The Balaban J connectivity index is 1.91. The van der Waals surface area contributed by atoms with Gasteiger partial charge < -0.3 is 5.32 Å². The molecule has 1 fully saturated rings. The summed E-state index contributed by atoms with van der Waals surface area (Å²) in [7, 11) is 0. The van der Waals surface area contributed by atoms with Crippen molar-refractivity contribution in [3.8, 4) is 0 Å². The van der Waals surface area contributed by atoms with Gasteiger partial charge in [0.1, 0.15) is 0 Å². The van der Waals surface area contributed by atoms with E-state index in [0.717, 1.165) is 36.5 Å². The average molecular weight is 274 g/mol. The molecular weight excluding hydrogens is 261 g/mol. The van der Waals surface area contributed by atoms with E-state index in [9.17, 15) is 13.2 Å². The van der Waals surface area contributed by atoms with Crippen LogP contribution in [0.5, 0.6) is 0 Å². The molecule has 1 saturated heterocycles. The van der Waals surface area contributed by atoms with Crippen LogP contribution in [0.25, 0.3) is 0 Å². The Labute approximate surface area is 108 Å². The number of hydrogen-bond donors (Lipinski definition) is 1. The summed E-state index contributed by atoms with van der Waals surface area (Å²) in [6.45, 7) is 2.69. The van der Waals surface area contributed by atoms with E-state index in [2.05, 4.69) is 9.62 Å². The Morgan fingerprint density at radius 1 is 1.33 bits per heavy atom. The summed E-state index contributed by atoms with van der Waals surface area (Å²) in [5, 5.41) is 3.32. The Bertz CT molecular complexity index is 461. The second kappa shape index (κ2) is 4.43. The molecular formula is C12H13F3N2S. The fourth-order valence-corrected chi connectivity index (χ4v) is 3.58. The molecule has 18 heavy (non-hydrogen) atoms. The second-order valence-electron chi connectivity index (χ2n) is 4.61. The summed E-state index contributed by atoms with van der Waals surface area (Å²) in [4.78, 5) is 0.753. The van der Waals surface area contributed by atoms with Gasteiger partial charge in [-0.2, -0.15) is 13.2 Å². The molecule has 0 aromatic heterocycles. The predicted molar refractivity (Wildman–Crippen MR) is 64.4 cm³/mol. The lowest BCUT2D eigenvalue weighted by Crippen LogP contribution is -2.50. The van der Waals surface area contributed by atoms with Crippen molar-refractivity contribution in [2.45, 2.75) is 23.5 Å². The lowest BCUT2D eigenvalue weighted by Gasteiger charge is -2.39. The van der Waals surface area contributed by atoms with Crippen molar-refractivity contribution in [1.82, 2.24) is 9.62 Å². The molecule has 2 nitrogen and oxygen atoms in total. The van der Waals surface area contributed by atoms with Crippen LogP contribution in [0.4, 0.5) is 13.2 Å². The van der Waals surface area contributed by atoms with Gasteiger partial charge in [0, 0.05) is 30.6 Å². The molecule has 1 aromatic rings. The summed E-state index contributed by atoms with van der Waals surface area (Å²) in [6.07, 6.45) is -3.43. The highest BCUT2D eigenvalue weighted by molar-refractivity contribution is 7.97. The van der Waals surface area contributed by atoms with E-state index in [-0.39, 0.29) is 0 Å². The van der Waals surface area contributed by atoms with Crippen LogP contribution in [-0.2, 0) is 12.6 Å². The number of nitrogens with zero attached hydrogens (tertiary/aromatic N) is 1. The van der Waals surface area contributed by atoms with Gasteiger partial charge in [-0.15, -0.1) is 0 Å². The Morgan fingerprint density at radius 3 is 2.94 bits per heavy atom. The van der Waals surface area contributed by atoms with Crippen LogP contribution in [0.1, 0.15) is 11.1 Å². The maximum atomic E-state index is 12.7. The van der Waals surface area contributed by atoms with Crippen molar-refractivity contribution in [2.24, 2.45) is 0 Å². The summed E-state index contributed by atoms with van der Waals surface area (Å²) in [5.41, 5.74) is 0.472. The molecule has 6 heteroatoms. The Kier molecular flexibility index (Phi) is 3.03. The zero-order valence-electron chi connectivity index (χ0n) is 9.63. The number of benzene rings is 1. The van der Waals surface area contributed by atoms with E-state index in [1.54, 1.807) is 6.07 Å². The van der Waals surface area contributed by atoms with Crippen LogP contribution in [-0.4, -0.2) is 30.0 Å². The lowest BCUT2D eigenvalue weighted by molar-refractivity contribution is -0.137. The SMILES string of the molecule is FC(F)(F)c1ccc2c(c1)SN1CCNCC1C2. The number of alkyl halides is 3. The number of hydrogen-bond acceptors (Lipinski definition) is 3. The topological polar surface area (TPSA) is 15.3 Å². The van der Waals surface area contributed by atoms with Gasteiger partial charge in [-0.05, 0) is 36.1 Å².